The lowest BCUT2D eigenvalue weighted by atomic mass is 10.1. The van der Waals surface area contributed by atoms with Gasteiger partial charge in [-0.2, -0.15) is 13.2 Å². The predicted molar refractivity (Wildman–Crippen MR) is 102 cm³/mol. The van der Waals surface area contributed by atoms with E-state index in [9.17, 15) is 13.2 Å². The molecule has 0 heterocycles. The second-order valence-electron chi connectivity index (χ2n) is 6.08. The Morgan fingerprint density at radius 1 is 1.12 bits per heavy atom. The van der Waals surface area contributed by atoms with E-state index in [0.717, 1.165) is 29.4 Å². The number of nitrogens with one attached hydrogen (secondary N) is 1. The van der Waals surface area contributed by atoms with Gasteiger partial charge in [0.1, 0.15) is 0 Å². The SMILES string of the molecule is CCN(C)/C=N\c1cc(C)c(Nc2ccc(Cl)cc2C(F)(F)F)cc1C. The van der Waals surface area contributed by atoms with Gasteiger partial charge < -0.3 is 10.2 Å². The van der Waals surface area contributed by atoms with Crippen LogP contribution in [0.2, 0.25) is 5.02 Å². The summed E-state index contributed by atoms with van der Waals surface area (Å²) >= 11 is 5.73. The highest BCUT2D eigenvalue weighted by atomic mass is 35.5. The Hall–Kier alpha value is -2.21. The molecule has 140 valence electrons. The second kappa shape index (κ2) is 7.99. The number of anilines is 2. The van der Waals surface area contributed by atoms with Crippen molar-refractivity contribution in [2.45, 2.75) is 26.9 Å². The molecule has 0 unspecified atom stereocenters. The monoisotopic (exact) mass is 383 g/mol. The first-order valence-electron chi connectivity index (χ1n) is 8.11. The summed E-state index contributed by atoms with van der Waals surface area (Å²) in [6.07, 6.45) is -2.76. The highest BCUT2D eigenvalue weighted by Gasteiger charge is 2.34. The summed E-state index contributed by atoms with van der Waals surface area (Å²) in [5.74, 6) is 0. The maximum absolute atomic E-state index is 13.3. The maximum Gasteiger partial charge on any atom is 0.418 e. The minimum Gasteiger partial charge on any atom is -0.366 e. The van der Waals surface area contributed by atoms with E-state index in [0.29, 0.717) is 5.69 Å². The zero-order valence-corrected chi connectivity index (χ0v) is 15.8. The highest BCUT2D eigenvalue weighted by Crippen LogP contribution is 2.38. The van der Waals surface area contributed by atoms with Gasteiger partial charge in [0.2, 0.25) is 0 Å². The number of hydrogen-bond donors (Lipinski definition) is 1. The third kappa shape index (κ3) is 4.91. The molecular formula is C19H21ClF3N3. The molecule has 0 radical (unpaired) electrons. The zero-order valence-electron chi connectivity index (χ0n) is 15.1. The fourth-order valence-corrected chi connectivity index (χ4v) is 2.49. The lowest BCUT2D eigenvalue weighted by Gasteiger charge is -2.17. The van der Waals surface area contributed by atoms with Gasteiger partial charge in [-0.3, -0.25) is 0 Å². The smallest absolute Gasteiger partial charge is 0.366 e. The van der Waals surface area contributed by atoms with Crippen molar-refractivity contribution in [2.75, 3.05) is 18.9 Å². The van der Waals surface area contributed by atoms with E-state index in [-0.39, 0.29) is 10.7 Å². The Morgan fingerprint density at radius 2 is 1.81 bits per heavy atom. The van der Waals surface area contributed by atoms with Crippen LogP contribution in [-0.2, 0) is 6.18 Å². The van der Waals surface area contributed by atoms with Crippen LogP contribution in [0.3, 0.4) is 0 Å². The van der Waals surface area contributed by atoms with Crippen LogP contribution in [0.1, 0.15) is 23.6 Å². The third-order valence-electron chi connectivity index (χ3n) is 3.99. The zero-order chi connectivity index (χ0) is 19.5. The van der Waals surface area contributed by atoms with Crippen LogP contribution in [-0.4, -0.2) is 24.8 Å². The molecule has 0 bridgehead atoms. The third-order valence-corrected chi connectivity index (χ3v) is 4.23. The second-order valence-corrected chi connectivity index (χ2v) is 6.52. The lowest BCUT2D eigenvalue weighted by molar-refractivity contribution is -0.136. The maximum atomic E-state index is 13.3. The molecule has 0 atom stereocenters. The summed E-state index contributed by atoms with van der Waals surface area (Å²) in [6.45, 7) is 6.54. The average molecular weight is 384 g/mol. The van der Waals surface area contributed by atoms with Gasteiger partial charge >= 0.3 is 6.18 Å². The molecule has 0 aromatic heterocycles. The molecule has 0 fully saturated rings. The van der Waals surface area contributed by atoms with Crippen molar-refractivity contribution in [1.82, 2.24) is 4.90 Å². The van der Waals surface area contributed by atoms with Gasteiger partial charge in [-0.1, -0.05) is 11.6 Å². The molecule has 7 heteroatoms. The van der Waals surface area contributed by atoms with E-state index in [1.165, 1.54) is 12.1 Å². The summed E-state index contributed by atoms with van der Waals surface area (Å²) in [7, 11) is 1.92. The van der Waals surface area contributed by atoms with Gasteiger partial charge in [0.25, 0.3) is 0 Å². The standard InChI is InChI=1S/C19H21ClF3N3/c1-5-26(4)11-24-17-8-13(3)18(9-12(17)2)25-16-7-6-14(20)10-15(16)19(21,22)23/h6-11,25H,5H2,1-4H3/b24-11-. The van der Waals surface area contributed by atoms with Crippen LogP contribution in [0.4, 0.5) is 30.2 Å². The molecule has 0 amide bonds. The van der Waals surface area contributed by atoms with E-state index in [2.05, 4.69) is 10.3 Å². The van der Waals surface area contributed by atoms with Gasteiger partial charge in [0.15, 0.2) is 0 Å². The van der Waals surface area contributed by atoms with Crippen molar-refractivity contribution >= 4 is 35.0 Å². The van der Waals surface area contributed by atoms with Crippen LogP contribution in [0.5, 0.6) is 0 Å². The largest absolute Gasteiger partial charge is 0.418 e. The predicted octanol–water partition coefficient (Wildman–Crippen LogP) is 6.33. The fourth-order valence-electron chi connectivity index (χ4n) is 2.32. The van der Waals surface area contributed by atoms with Crippen molar-refractivity contribution < 1.29 is 13.2 Å². The summed E-state index contributed by atoms with van der Waals surface area (Å²) in [5, 5.41) is 2.92. The first-order chi connectivity index (χ1) is 12.1. The van der Waals surface area contributed by atoms with E-state index in [1.54, 1.807) is 12.4 Å². The minimum absolute atomic E-state index is 0.0358. The Bertz CT molecular complexity index is 816. The van der Waals surface area contributed by atoms with E-state index >= 15 is 0 Å². The van der Waals surface area contributed by atoms with Crippen LogP contribution in [0, 0.1) is 13.8 Å². The molecule has 26 heavy (non-hydrogen) atoms. The highest BCUT2D eigenvalue weighted by molar-refractivity contribution is 6.30. The Balaban J connectivity index is 2.37. The topological polar surface area (TPSA) is 27.6 Å². The van der Waals surface area contributed by atoms with Crippen LogP contribution < -0.4 is 5.32 Å². The number of nitrogens with zero attached hydrogens (tertiary/aromatic N) is 2. The van der Waals surface area contributed by atoms with Crippen molar-refractivity contribution in [2.24, 2.45) is 4.99 Å². The number of hydrogen-bond acceptors (Lipinski definition) is 2. The molecule has 0 aliphatic carbocycles. The van der Waals surface area contributed by atoms with Gasteiger partial charge in [0, 0.05) is 24.3 Å². The number of aryl methyl sites for hydroxylation is 2. The fraction of sp³-hybridized carbons (Fsp3) is 0.316. The molecule has 2 aromatic rings. The van der Waals surface area contributed by atoms with Gasteiger partial charge in [-0.25, -0.2) is 4.99 Å². The first kappa shape index (κ1) is 20.1. The Morgan fingerprint density at radius 3 is 2.42 bits per heavy atom. The van der Waals surface area contributed by atoms with Crippen molar-refractivity contribution in [3.63, 3.8) is 0 Å². The molecule has 2 aromatic carbocycles. The van der Waals surface area contributed by atoms with E-state index < -0.39 is 11.7 Å². The van der Waals surface area contributed by atoms with E-state index in [1.807, 2.05) is 38.8 Å². The molecule has 1 N–H and O–H groups in total. The molecule has 0 saturated carbocycles. The lowest BCUT2D eigenvalue weighted by Crippen LogP contribution is -2.14. The molecule has 3 nitrogen and oxygen atoms in total. The quantitative estimate of drug-likeness (QED) is 0.482. The Kier molecular flexibility index (Phi) is 6.18. The molecule has 2 rings (SSSR count). The van der Waals surface area contributed by atoms with E-state index in [4.69, 9.17) is 11.6 Å². The van der Waals surface area contributed by atoms with Crippen molar-refractivity contribution in [1.29, 1.82) is 0 Å². The molecule has 0 aliphatic rings. The minimum atomic E-state index is -4.49. The molecule has 0 aliphatic heterocycles. The molecular weight excluding hydrogens is 363 g/mol. The summed E-state index contributed by atoms with van der Waals surface area (Å²) in [5.41, 5.74) is 2.20. The van der Waals surface area contributed by atoms with Crippen LogP contribution in [0.15, 0.2) is 35.3 Å². The summed E-state index contributed by atoms with van der Waals surface area (Å²) in [6, 6.07) is 7.33. The summed E-state index contributed by atoms with van der Waals surface area (Å²) < 4.78 is 39.8. The Labute approximate surface area is 156 Å². The average Bonchev–Trinajstić information content (AvgIpc) is 2.56. The number of rotatable bonds is 5. The molecule has 0 spiro atoms. The summed E-state index contributed by atoms with van der Waals surface area (Å²) in [4.78, 5) is 6.36. The first-order valence-corrected chi connectivity index (χ1v) is 8.49. The number of benzene rings is 2. The number of halogens is 4. The van der Waals surface area contributed by atoms with Crippen LogP contribution >= 0.6 is 11.6 Å². The number of aliphatic imine (C=N–C) groups is 1. The van der Waals surface area contributed by atoms with Gasteiger partial charge in [-0.15, -0.1) is 0 Å². The van der Waals surface area contributed by atoms with Crippen molar-refractivity contribution in [3.8, 4) is 0 Å². The van der Waals surface area contributed by atoms with Gasteiger partial charge in [0.05, 0.1) is 23.3 Å². The normalized spacial score (nSPS) is 11.8. The van der Waals surface area contributed by atoms with Crippen LogP contribution in [0.25, 0.3) is 0 Å². The van der Waals surface area contributed by atoms with Gasteiger partial charge in [-0.05, 0) is 62.2 Å². The number of alkyl halides is 3. The molecule has 0 saturated heterocycles. The van der Waals surface area contributed by atoms with Crippen molar-refractivity contribution in [3.05, 3.63) is 52.0 Å².